The maximum atomic E-state index is 12.1. The highest BCUT2D eigenvalue weighted by Crippen LogP contribution is 2.28. The summed E-state index contributed by atoms with van der Waals surface area (Å²) in [6.45, 7) is 7.29. The van der Waals surface area contributed by atoms with Crippen LogP contribution in [0.4, 0.5) is 16.3 Å². The van der Waals surface area contributed by atoms with E-state index in [1.54, 1.807) is 27.0 Å². The number of amides is 1. The summed E-state index contributed by atoms with van der Waals surface area (Å²) in [6, 6.07) is 7.40. The molecular weight excluding hydrogens is 334 g/mol. The summed E-state index contributed by atoms with van der Waals surface area (Å²) in [5.41, 5.74) is -0.0287. The third kappa shape index (κ3) is 5.34. The van der Waals surface area contributed by atoms with Crippen molar-refractivity contribution in [2.75, 3.05) is 17.7 Å². The molecule has 0 spiro atoms. The van der Waals surface area contributed by atoms with Crippen molar-refractivity contribution in [3.8, 4) is 0 Å². The Balaban J connectivity index is 2.25. The molecule has 1 aromatic heterocycles. The van der Waals surface area contributed by atoms with Gasteiger partial charge in [0.05, 0.1) is 25.4 Å². The lowest BCUT2D eigenvalue weighted by Crippen LogP contribution is -2.27. The van der Waals surface area contributed by atoms with Gasteiger partial charge >= 0.3 is 12.1 Å². The summed E-state index contributed by atoms with van der Waals surface area (Å²) in [6.07, 6.45) is 1.26. The third-order valence-corrected chi connectivity index (χ3v) is 3.51. The van der Waals surface area contributed by atoms with Gasteiger partial charge in [0.25, 0.3) is 0 Å². The minimum atomic E-state index is -0.585. The van der Waals surface area contributed by atoms with Crippen LogP contribution >= 0.6 is 0 Å². The van der Waals surface area contributed by atoms with Crippen molar-refractivity contribution < 1.29 is 19.1 Å². The average Bonchev–Trinajstić information content (AvgIpc) is 2.55. The highest BCUT2D eigenvalue weighted by Gasteiger charge is 2.18. The lowest BCUT2D eigenvalue weighted by molar-refractivity contribution is -0.140. The van der Waals surface area contributed by atoms with Crippen LogP contribution < -0.4 is 10.6 Å². The smallest absolute Gasteiger partial charge is 0.412 e. The first-order valence-corrected chi connectivity index (χ1v) is 8.40. The third-order valence-electron chi connectivity index (χ3n) is 3.51. The Hall–Kier alpha value is -2.83. The van der Waals surface area contributed by atoms with Gasteiger partial charge in [0.2, 0.25) is 0 Å². The first-order chi connectivity index (χ1) is 12.2. The van der Waals surface area contributed by atoms with E-state index in [0.29, 0.717) is 11.5 Å². The summed E-state index contributed by atoms with van der Waals surface area (Å²) in [7, 11) is 1.36. The maximum Gasteiger partial charge on any atom is 0.412 e. The molecule has 0 saturated heterocycles. The van der Waals surface area contributed by atoms with Gasteiger partial charge in [-0.05, 0) is 27.7 Å². The molecule has 1 heterocycles. The summed E-state index contributed by atoms with van der Waals surface area (Å²) in [4.78, 5) is 27.9. The maximum absolute atomic E-state index is 12.1. The average molecular weight is 359 g/mol. The number of esters is 1. The lowest BCUT2D eigenvalue weighted by atomic mass is 10.1. The molecule has 7 nitrogen and oxygen atoms in total. The molecule has 26 heavy (non-hydrogen) atoms. The fourth-order valence-electron chi connectivity index (χ4n) is 2.44. The van der Waals surface area contributed by atoms with E-state index in [1.807, 2.05) is 31.2 Å². The van der Waals surface area contributed by atoms with Gasteiger partial charge in [0, 0.05) is 16.8 Å². The van der Waals surface area contributed by atoms with Crippen LogP contribution in [0.15, 0.2) is 30.5 Å². The lowest BCUT2D eigenvalue weighted by Gasteiger charge is -2.20. The molecule has 1 aromatic carbocycles. The van der Waals surface area contributed by atoms with Gasteiger partial charge in [-0.1, -0.05) is 24.3 Å². The first kappa shape index (κ1) is 19.5. The number of methoxy groups -OCH3 is 1. The zero-order valence-electron chi connectivity index (χ0n) is 15.8. The second-order valence-corrected chi connectivity index (χ2v) is 7.02. The minimum absolute atomic E-state index is 0.150. The Kier molecular flexibility index (Phi) is 6.02. The summed E-state index contributed by atoms with van der Waals surface area (Å²) in [5.74, 6) is 0.337. The molecule has 2 N–H and O–H groups in total. The predicted molar refractivity (Wildman–Crippen MR) is 101 cm³/mol. The Bertz CT molecular complexity index is 799. The van der Waals surface area contributed by atoms with Gasteiger partial charge in [0.15, 0.2) is 0 Å². The van der Waals surface area contributed by atoms with E-state index in [0.717, 1.165) is 10.8 Å². The SMILES string of the molecule is COC(=O)C[C@H](C)Nc1ncc(NC(=O)OC(C)(C)C)c2ccccc12. The number of aromatic nitrogens is 1. The number of fused-ring (bicyclic) bond motifs is 1. The van der Waals surface area contributed by atoms with E-state index in [1.165, 1.54) is 7.11 Å². The number of hydrogen-bond donors (Lipinski definition) is 2. The zero-order chi connectivity index (χ0) is 19.3. The number of nitrogens with zero attached hydrogens (tertiary/aromatic N) is 1. The quantitative estimate of drug-likeness (QED) is 0.786. The topological polar surface area (TPSA) is 89.5 Å². The van der Waals surface area contributed by atoms with E-state index in [4.69, 9.17) is 4.74 Å². The number of carbonyl (C=O) groups excluding carboxylic acids is 2. The number of benzene rings is 1. The Morgan fingerprint density at radius 1 is 1.19 bits per heavy atom. The number of pyridine rings is 1. The van der Waals surface area contributed by atoms with Crippen LogP contribution in [-0.4, -0.2) is 35.8 Å². The number of hydrogen-bond acceptors (Lipinski definition) is 6. The molecule has 0 fully saturated rings. The summed E-state index contributed by atoms with van der Waals surface area (Å²) < 4.78 is 9.98. The highest BCUT2D eigenvalue weighted by atomic mass is 16.6. The van der Waals surface area contributed by atoms with E-state index in [2.05, 4.69) is 20.4 Å². The van der Waals surface area contributed by atoms with Crippen molar-refractivity contribution in [1.82, 2.24) is 4.98 Å². The van der Waals surface area contributed by atoms with Crippen molar-refractivity contribution >= 4 is 34.3 Å². The number of anilines is 2. The molecule has 2 aromatic rings. The van der Waals surface area contributed by atoms with Crippen LogP contribution in [0.3, 0.4) is 0 Å². The number of ether oxygens (including phenoxy) is 2. The van der Waals surface area contributed by atoms with Crippen LogP contribution in [0.2, 0.25) is 0 Å². The van der Waals surface area contributed by atoms with E-state index in [9.17, 15) is 9.59 Å². The fraction of sp³-hybridized carbons (Fsp3) is 0.421. The van der Waals surface area contributed by atoms with Crippen LogP contribution in [0.5, 0.6) is 0 Å². The molecule has 0 aliphatic carbocycles. The molecular formula is C19H25N3O4. The van der Waals surface area contributed by atoms with Gasteiger partial charge in [-0.15, -0.1) is 0 Å². The van der Waals surface area contributed by atoms with Crippen molar-refractivity contribution in [2.45, 2.75) is 45.8 Å². The van der Waals surface area contributed by atoms with E-state index < -0.39 is 11.7 Å². The zero-order valence-corrected chi connectivity index (χ0v) is 15.8. The van der Waals surface area contributed by atoms with Gasteiger partial charge in [-0.3, -0.25) is 10.1 Å². The molecule has 0 radical (unpaired) electrons. The van der Waals surface area contributed by atoms with Crippen LogP contribution in [0, 0.1) is 0 Å². The van der Waals surface area contributed by atoms with Crippen molar-refractivity contribution in [2.24, 2.45) is 0 Å². The van der Waals surface area contributed by atoms with Crippen molar-refractivity contribution in [3.05, 3.63) is 30.5 Å². The number of carbonyl (C=O) groups is 2. The monoisotopic (exact) mass is 359 g/mol. The van der Waals surface area contributed by atoms with Gasteiger partial charge in [0.1, 0.15) is 11.4 Å². The summed E-state index contributed by atoms with van der Waals surface area (Å²) >= 11 is 0. The molecule has 0 aliphatic heterocycles. The van der Waals surface area contributed by atoms with Gasteiger partial charge in [-0.25, -0.2) is 9.78 Å². The Labute approximate surface area is 153 Å². The van der Waals surface area contributed by atoms with Crippen LogP contribution in [0.1, 0.15) is 34.1 Å². The van der Waals surface area contributed by atoms with Crippen molar-refractivity contribution in [3.63, 3.8) is 0 Å². The van der Waals surface area contributed by atoms with E-state index >= 15 is 0 Å². The van der Waals surface area contributed by atoms with Gasteiger partial charge in [-0.2, -0.15) is 0 Å². The largest absolute Gasteiger partial charge is 0.469 e. The standard InChI is InChI=1S/C19H25N3O4/c1-12(10-16(23)25-5)21-17-14-9-7-6-8-13(14)15(11-20-17)22-18(24)26-19(2,3)4/h6-9,11-12H,10H2,1-5H3,(H,20,21)(H,22,24)/t12-/m0/s1. The van der Waals surface area contributed by atoms with Crippen LogP contribution in [-0.2, 0) is 14.3 Å². The fourth-order valence-corrected chi connectivity index (χ4v) is 2.44. The van der Waals surface area contributed by atoms with E-state index in [-0.39, 0.29) is 18.4 Å². The second kappa shape index (κ2) is 8.03. The molecule has 7 heteroatoms. The number of rotatable bonds is 5. The highest BCUT2D eigenvalue weighted by molar-refractivity contribution is 6.04. The van der Waals surface area contributed by atoms with Crippen LogP contribution in [0.25, 0.3) is 10.8 Å². The Morgan fingerprint density at radius 2 is 1.85 bits per heavy atom. The van der Waals surface area contributed by atoms with Gasteiger partial charge < -0.3 is 14.8 Å². The summed E-state index contributed by atoms with van der Waals surface area (Å²) in [5, 5.41) is 7.60. The predicted octanol–water partition coefficient (Wildman–Crippen LogP) is 3.95. The normalized spacial score (nSPS) is 12.3. The molecule has 1 atom stereocenters. The first-order valence-electron chi connectivity index (χ1n) is 8.40. The molecule has 140 valence electrons. The second-order valence-electron chi connectivity index (χ2n) is 7.02. The molecule has 0 saturated carbocycles. The minimum Gasteiger partial charge on any atom is -0.469 e. The Morgan fingerprint density at radius 3 is 2.46 bits per heavy atom. The van der Waals surface area contributed by atoms with Crippen molar-refractivity contribution in [1.29, 1.82) is 0 Å². The molecule has 0 bridgehead atoms. The molecule has 0 unspecified atom stereocenters. The number of nitrogens with one attached hydrogen (secondary N) is 2. The molecule has 1 amide bonds. The molecule has 2 rings (SSSR count). The molecule has 0 aliphatic rings.